The molecule has 5 heteroatoms. The van der Waals surface area contributed by atoms with E-state index in [1.807, 2.05) is 12.1 Å². The first kappa shape index (κ1) is 13.5. The van der Waals surface area contributed by atoms with Crippen LogP contribution in [-0.4, -0.2) is 18.4 Å². The minimum absolute atomic E-state index is 0.311. The van der Waals surface area contributed by atoms with Crippen molar-refractivity contribution in [3.05, 3.63) is 52.3 Å². The number of halogens is 1. The summed E-state index contributed by atoms with van der Waals surface area (Å²) in [7, 11) is 1.56. The van der Waals surface area contributed by atoms with Crippen LogP contribution >= 0.6 is 15.9 Å². The standard InChI is InChI=1S/C14H12BrNO3/c1-18-13-5-2-10(8-17)6-14(13)19-9-12-4-3-11(15)7-16-12/h2-8H,9H2,1H3. The highest BCUT2D eigenvalue weighted by molar-refractivity contribution is 9.10. The van der Waals surface area contributed by atoms with Crippen molar-refractivity contribution in [3.8, 4) is 11.5 Å². The van der Waals surface area contributed by atoms with Gasteiger partial charge in [0.2, 0.25) is 0 Å². The number of ether oxygens (including phenoxy) is 2. The molecule has 0 saturated heterocycles. The van der Waals surface area contributed by atoms with Crippen molar-refractivity contribution in [1.29, 1.82) is 0 Å². The van der Waals surface area contributed by atoms with Crippen LogP contribution in [0.5, 0.6) is 11.5 Å². The molecule has 1 aromatic heterocycles. The Bertz CT molecular complexity index is 569. The van der Waals surface area contributed by atoms with Gasteiger partial charge in [0, 0.05) is 16.2 Å². The lowest BCUT2D eigenvalue weighted by Gasteiger charge is -2.10. The molecule has 0 spiro atoms. The van der Waals surface area contributed by atoms with E-state index >= 15 is 0 Å². The van der Waals surface area contributed by atoms with E-state index in [1.165, 1.54) is 0 Å². The number of hydrogen-bond donors (Lipinski definition) is 0. The summed E-state index contributed by atoms with van der Waals surface area (Å²) in [5, 5.41) is 0. The van der Waals surface area contributed by atoms with Gasteiger partial charge in [-0.3, -0.25) is 9.78 Å². The molecule has 1 aromatic carbocycles. The average molecular weight is 322 g/mol. The molecule has 4 nitrogen and oxygen atoms in total. The lowest BCUT2D eigenvalue weighted by Crippen LogP contribution is -2.00. The lowest BCUT2D eigenvalue weighted by molar-refractivity contribution is 0.112. The van der Waals surface area contributed by atoms with Crippen LogP contribution in [0.15, 0.2) is 41.0 Å². The third kappa shape index (κ3) is 3.54. The number of aromatic nitrogens is 1. The molecular formula is C14H12BrNO3. The van der Waals surface area contributed by atoms with Crippen molar-refractivity contribution in [1.82, 2.24) is 4.98 Å². The molecular weight excluding hydrogens is 310 g/mol. The van der Waals surface area contributed by atoms with E-state index in [9.17, 15) is 4.79 Å². The molecule has 1 heterocycles. The van der Waals surface area contributed by atoms with Gasteiger partial charge in [-0.05, 0) is 46.3 Å². The minimum atomic E-state index is 0.311. The monoisotopic (exact) mass is 321 g/mol. The van der Waals surface area contributed by atoms with Crippen molar-refractivity contribution >= 4 is 22.2 Å². The van der Waals surface area contributed by atoms with Crippen LogP contribution in [0.3, 0.4) is 0 Å². The van der Waals surface area contributed by atoms with Crippen molar-refractivity contribution in [2.75, 3.05) is 7.11 Å². The third-order valence-corrected chi connectivity index (χ3v) is 2.96. The van der Waals surface area contributed by atoms with E-state index in [0.29, 0.717) is 23.7 Å². The molecule has 0 aliphatic rings. The maximum atomic E-state index is 10.8. The number of aldehydes is 1. The molecule has 19 heavy (non-hydrogen) atoms. The van der Waals surface area contributed by atoms with Gasteiger partial charge in [0.1, 0.15) is 12.9 Å². The summed E-state index contributed by atoms with van der Waals surface area (Å²) < 4.78 is 11.7. The molecule has 0 atom stereocenters. The highest BCUT2D eigenvalue weighted by atomic mass is 79.9. The summed E-state index contributed by atoms with van der Waals surface area (Å²) in [5.41, 5.74) is 1.33. The predicted octanol–water partition coefficient (Wildman–Crippen LogP) is 3.24. The molecule has 98 valence electrons. The second-order valence-corrected chi connectivity index (χ2v) is 4.70. The van der Waals surface area contributed by atoms with E-state index in [2.05, 4.69) is 20.9 Å². The molecule has 2 aromatic rings. The zero-order valence-electron chi connectivity index (χ0n) is 10.3. The van der Waals surface area contributed by atoms with Crippen molar-refractivity contribution < 1.29 is 14.3 Å². The summed E-state index contributed by atoms with van der Waals surface area (Å²) >= 11 is 3.32. The Kier molecular flexibility index (Phi) is 4.52. The number of hydrogen-bond acceptors (Lipinski definition) is 4. The van der Waals surface area contributed by atoms with E-state index in [4.69, 9.17) is 9.47 Å². The van der Waals surface area contributed by atoms with Crippen LogP contribution in [0.2, 0.25) is 0 Å². The Morgan fingerprint density at radius 2 is 2.11 bits per heavy atom. The predicted molar refractivity (Wildman–Crippen MR) is 74.7 cm³/mol. The normalized spacial score (nSPS) is 10.0. The van der Waals surface area contributed by atoms with Crippen LogP contribution in [0, 0.1) is 0 Å². The first-order valence-corrected chi connectivity index (χ1v) is 6.38. The summed E-state index contributed by atoms with van der Waals surface area (Å²) in [6.07, 6.45) is 2.47. The molecule has 2 rings (SSSR count). The number of rotatable bonds is 5. The molecule has 0 unspecified atom stereocenters. The van der Waals surface area contributed by atoms with Gasteiger partial charge in [-0.25, -0.2) is 0 Å². The van der Waals surface area contributed by atoms with Gasteiger partial charge in [0.05, 0.1) is 12.8 Å². The van der Waals surface area contributed by atoms with Gasteiger partial charge in [0.15, 0.2) is 11.5 Å². The quantitative estimate of drug-likeness (QED) is 0.793. The average Bonchev–Trinajstić information content (AvgIpc) is 2.46. The molecule has 0 N–H and O–H groups in total. The Morgan fingerprint density at radius 3 is 2.74 bits per heavy atom. The van der Waals surface area contributed by atoms with E-state index < -0.39 is 0 Å². The summed E-state index contributed by atoms with van der Waals surface area (Å²) in [4.78, 5) is 15.0. The minimum Gasteiger partial charge on any atom is -0.493 e. The van der Waals surface area contributed by atoms with E-state index in [1.54, 1.807) is 31.5 Å². The SMILES string of the molecule is COc1ccc(C=O)cc1OCc1ccc(Br)cn1. The van der Waals surface area contributed by atoms with Crippen molar-refractivity contribution in [2.45, 2.75) is 6.61 Å². The van der Waals surface area contributed by atoms with Crippen molar-refractivity contribution in [2.24, 2.45) is 0 Å². The molecule has 0 radical (unpaired) electrons. The molecule has 0 bridgehead atoms. The second kappa shape index (κ2) is 6.33. The van der Waals surface area contributed by atoms with Crippen LogP contribution in [0.25, 0.3) is 0 Å². The van der Waals surface area contributed by atoms with Crippen LogP contribution < -0.4 is 9.47 Å². The zero-order valence-corrected chi connectivity index (χ0v) is 11.9. The maximum Gasteiger partial charge on any atom is 0.162 e. The van der Waals surface area contributed by atoms with E-state index in [0.717, 1.165) is 16.5 Å². The fraction of sp³-hybridized carbons (Fsp3) is 0.143. The lowest BCUT2D eigenvalue weighted by atomic mass is 10.2. The Labute approximate surface area is 119 Å². The summed E-state index contributed by atoms with van der Waals surface area (Å²) in [6, 6.07) is 8.78. The topological polar surface area (TPSA) is 48.4 Å². The van der Waals surface area contributed by atoms with Gasteiger partial charge in [-0.2, -0.15) is 0 Å². The number of carbonyl (C=O) groups excluding carboxylic acids is 1. The van der Waals surface area contributed by atoms with Gasteiger partial charge in [-0.15, -0.1) is 0 Å². The third-order valence-electron chi connectivity index (χ3n) is 2.49. The molecule has 0 saturated carbocycles. The van der Waals surface area contributed by atoms with Gasteiger partial charge in [0.25, 0.3) is 0 Å². The highest BCUT2D eigenvalue weighted by Gasteiger charge is 2.06. The summed E-state index contributed by atoms with van der Waals surface area (Å²) in [5.74, 6) is 1.11. The fourth-order valence-corrected chi connectivity index (χ4v) is 1.76. The number of carbonyl (C=O) groups is 1. The Balaban J connectivity index is 2.13. The second-order valence-electron chi connectivity index (χ2n) is 3.78. The Morgan fingerprint density at radius 1 is 1.26 bits per heavy atom. The van der Waals surface area contributed by atoms with Crippen LogP contribution in [-0.2, 0) is 6.61 Å². The number of benzene rings is 1. The molecule has 0 amide bonds. The zero-order chi connectivity index (χ0) is 13.7. The fourth-order valence-electron chi connectivity index (χ4n) is 1.52. The number of methoxy groups -OCH3 is 1. The molecule has 0 aliphatic heterocycles. The smallest absolute Gasteiger partial charge is 0.162 e. The highest BCUT2D eigenvalue weighted by Crippen LogP contribution is 2.28. The first-order chi connectivity index (χ1) is 9.22. The largest absolute Gasteiger partial charge is 0.493 e. The van der Waals surface area contributed by atoms with Crippen LogP contribution in [0.1, 0.15) is 16.1 Å². The van der Waals surface area contributed by atoms with Gasteiger partial charge < -0.3 is 9.47 Å². The molecule has 0 fully saturated rings. The summed E-state index contributed by atoms with van der Waals surface area (Å²) in [6.45, 7) is 0.311. The first-order valence-electron chi connectivity index (χ1n) is 5.59. The van der Waals surface area contributed by atoms with E-state index in [-0.39, 0.29) is 0 Å². The molecule has 0 aliphatic carbocycles. The number of pyridine rings is 1. The number of nitrogens with zero attached hydrogens (tertiary/aromatic N) is 1. The maximum absolute atomic E-state index is 10.8. The van der Waals surface area contributed by atoms with Crippen molar-refractivity contribution in [3.63, 3.8) is 0 Å². The van der Waals surface area contributed by atoms with Crippen LogP contribution in [0.4, 0.5) is 0 Å². The Hall–Kier alpha value is -1.88. The van der Waals surface area contributed by atoms with Gasteiger partial charge in [-0.1, -0.05) is 0 Å². The van der Waals surface area contributed by atoms with Gasteiger partial charge >= 0.3 is 0 Å².